The van der Waals surface area contributed by atoms with Crippen LogP contribution in [0.5, 0.6) is 5.75 Å². The average Bonchev–Trinajstić information content (AvgIpc) is 2.80. The number of ether oxygens (including phenoxy) is 1. The van der Waals surface area contributed by atoms with E-state index in [1.54, 1.807) is 0 Å². The molecule has 0 spiro atoms. The number of anilines is 1. The number of piperidine rings is 1. The van der Waals surface area contributed by atoms with Crippen LogP contribution in [0, 0.1) is 0 Å². The first-order valence-corrected chi connectivity index (χ1v) is 10.8. The highest BCUT2D eigenvalue weighted by atomic mass is 16.5. The summed E-state index contributed by atoms with van der Waals surface area (Å²) in [7, 11) is 0. The molecule has 0 N–H and O–H groups in total. The number of hydrogen-bond acceptors (Lipinski definition) is 4. The minimum absolute atomic E-state index is 0.128. The summed E-state index contributed by atoms with van der Waals surface area (Å²) in [6, 6.07) is 17.9. The van der Waals surface area contributed by atoms with Crippen LogP contribution in [-0.2, 0) is 0 Å². The molecule has 2 fully saturated rings. The molecule has 2 aromatic rings. The maximum atomic E-state index is 12.6. The largest absolute Gasteiger partial charge is 0.492 e. The predicted octanol–water partition coefficient (Wildman–Crippen LogP) is 3.51. The van der Waals surface area contributed by atoms with Gasteiger partial charge in [0, 0.05) is 44.0 Å². The van der Waals surface area contributed by atoms with Crippen molar-refractivity contribution >= 4 is 11.6 Å². The summed E-state index contributed by atoms with van der Waals surface area (Å²) in [5.74, 6) is 1.06. The van der Waals surface area contributed by atoms with Gasteiger partial charge in [-0.1, -0.05) is 24.6 Å². The van der Waals surface area contributed by atoms with Gasteiger partial charge in [0.2, 0.25) is 0 Å². The molecule has 0 aromatic heterocycles. The molecule has 0 radical (unpaired) electrons. The third-order valence-corrected chi connectivity index (χ3v) is 5.91. The Bertz CT molecular complexity index is 764. The van der Waals surface area contributed by atoms with Crippen LogP contribution in [0.15, 0.2) is 54.6 Å². The van der Waals surface area contributed by atoms with Gasteiger partial charge in [0.1, 0.15) is 12.4 Å². The Morgan fingerprint density at radius 3 is 2.17 bits per heavy atom. The number of amides is 1. The number of piperazine rings is 1. The van der Waals surface area contributed by atoms with Crippen molar-refractivity contribution in [1.82, 2.24) is 9.80 Å². The third-order valence-electron chi connectivity index (χ3n) is 5.91. The fraction of sp³-hybridized carbons (Fsp3) is 0.458. The quantitative estimate of drug-likeness (QED) is 0.752. The van der Waals surface area contributed by atoms with Gasteiger partial charge in [-0.15, -0.1) is 0 Å². The minimum atomic E-state index is 0.128. The van der Waals surface area contributed by atoms with E-state index in [0.29, 0.717) is 0 Å². The van der Waals surface area contributed by atoms with Gasteiger partial charge >= 0.3 is 0 Å². The van der Waals surface area contributed by atoms with E-state index in [-0.39, 0.29) is 5.91 Å². The van der Waals surface area contributed by atoms with Crippen LogP contribution < -0.4 is 9.64 Å². The molecule has 154 valence electrons. The Labute approximate surface area is 173 Å². The summed E-state index contributed by atoms with van der Waals surface area (Å²) in [5, 5.41) is 0. The lowest BCUT2D eigenvalue weighted by molar-refractivity contribution is 0.0747. The second-order valence-electron chi connectivity index (χ2n) is 7.89. The Morgan fingerprint density at radius 1 is 0.793 bits per heavy atom. The van der Waals surface area contributed by atoms with Gasteiger partial charge in [0.05, 0.1) is 0 Å². The zero-order chi connectivity index (χ0) is 19.9. The molecular weight excluding hydrogens is 362 g/mol. The molecule has 0 saturated carbocycles. The van der Waals surface area contributed by atoms with Gasteiger partial charge < -0.3 is 14.5 Å². The summed E-state index contributed by atoms with van der Waals surface area (Å²) in [5.41, 5.74) is 1.96. The van der Waals surface area contributed by atoms with Crippen molar-refractivity contribution in [3.05, 3.63) is 60.2 Å². The van der Waals surface area contributed by atoms with Gasteiger partial charge in [-0.3, -0.25) is 9.69 Å². The zero-order valence-electron chi connectivity index (χ0n) is 17.1. The fourth-order valence-electron chi connectivity index (χ4n) is 4.16. The molecule has 2 aromatic carbocycles. The van der Waals surface area contributed by atoms with Gasteiger partial charge in [-0.2, -0.15) is 0 Å². The van der Waals surface area contributed by atoms with E-state index in [0.717, 1.165) is 50.6 Å². The van der Waals surface area contributed by atoms with Gasteiger partial charge in [-0.05, 0) is 62.3 Å². The number of benzene rings is 2. The van der Waals surface area contributed by atoms with Crippen LogP contribution in [0.1, 0.15) is 29.6 Å². The number of rotatable bonds is 6. The molecule has 5 heteroatoms. The lowest BCUT2D eigenvalue weighted by atomic mass is 10.1. The van der Waals surface area contributed by atoms with Gasteiger partial charge in [0.25, 0.3) is 5.91 Å². The second kappa shape index (κ2) is 9.79. The minimum Gasteiger partial charge on any atom is -0.492 e. The van der Waals surface area contributed by atoms with Crippen LogP contribution in [0.4, 0.5) is 5.69 Å². The van der Waals surface area contributed by atoms with E-state index in [1.165, 1.54) is 38.0 Å². The molecule has 0 bridgehead atoms. The first-order valence-electron chi connectivity index (χ1n) is 10.8. The van der Waals surface area contributed by atoms with Crippen molar-refractivity contribution < 1.29 is 9.53 Å². The molecule has 0 aliphatic carbocycles. The molecule has 0 atom stereocenters. The molecule has 29 heavy (non-hydrogen) atoms. The maximum Gasteiger partial charge on any atom is 0.253 e. The van der Waals surface area contributed by atoms with Crippen molar-refractivity contribution in [3.63, 3.8) is 0 Å². The van der Waals surface area contributed by atoms with Crippen LogP contribution in [0.2, 0.25) is 0 Å². The third kappa shape index (κ3) is 5.30. The van der Waals surface area contributed by atoms with Crippen molar-refractivity contribution in [1.29, 1.82) is 0 Å². The Balaban J connectivity index is 1.23. The molecule has 2 heterocycles. The first kappa shape index (κ1) is 19.8. The van der Waals surface area contributed by atoms with Gasteiger partial charge in [-0.25, -0.2) is 0 Å². The summed E-state index contributed by atoms with van der Waals surface area (Å²) in [6.07, 6.45) is 4.01. The van der Waals surface area contributed by atoms with Crippen molar-refractivity contribution in [2.45, 2.75) is 19.3 Å². The van der Waals surface area contributed by atoms with Crippen LogP contribution in [0.3, 0.4) is 0 Å². The zero-order valence-corrected chi connectivity index (χ0v) is 17.1. The number of carbonyl (C=O) groups is 1. The number of carbonyl (C=O) groups excluding carboxylic acids is 1. The van der Waals surface area contributed by atoms with E-state index >= 15 is 0 Å². The van der Waals surface area contributed by atoms with Crippen LogP contribution in [0.25, 0.3) is 0 Å². The molecule has 4 rings (SSSR count). The summed E-state index contributed by atoms with van der Waals surface area (Å²) in [6.45, 7) is 7.39. The highest BCUT2D eigenvalue weighted by Gasteiger charge is 2.22. The van der Waals surface area contributed by atoms with E-state index in [4.69, 9.17) is 4.74 Å². The lowest BCUT2D eigenvalue weighted by Gasteiger charge is -2.36. The Kier molecular flexibility index (Phi) is 6.67. The maximum absolute atomic E-state index is 12.6. The van der Waals surface area contributed by atoms with E-state index in [2.05, 4.69) is 34.1 Å². The molecule has 2 aliphatic rings. The highest BCUT2D eigenvalue weighted by molar-refractivity contribution is 5.94. The lowest BCUT2D eigenvalue weighted by Crippen LogP contribution is -2.48. The number of hydrogen-bond donors (Lipinski definition) is 0. The highest BCUT2D eigenvalue weighted by Crippen LogP contribution is 2.21. The van der Waals surface area contributed by atoms with Crippen molar-refractivity contribution in [3.8, 4) is 5.75 Å². The molecule has 0 unspecified atom stereocenters. The molecular formula is C24H31N3O2. The van der Waals surface area contributed by atoms with E-state index < -0.39 is 0 Å². The second-order valence-corrected chi connectivity index (χ2v) is 7.89. The number of nitrogens with zero attached hydrogens (tertiary/aromatic N) is 3. The number of likely N-dealkylation sites (tertiary alicyclic amines) is 1. The molecule has 1 amide bonds. The monoisotopic (exact) mass is 393 g/mol. The van der Waals surface area contributed by atoms with Crippen LogP contribution >= 0.6 is 0 Å². The Hall–Kier alpha value is -2.53. The van der Waals surface area contributed by atoms with Crippen molar-refractivity contribution in [2.24, 2.45) is 0 Å². The van der Waals surface area contributed by atoms with E-state index in [9.17, 15) is 4.79 Å². The normalized spacial score (nSPS) is 17.9. The van der Waals surface area contributed by atoms with Gasteiger partial charge in [0.15, 0.2) is 0 Å². The van der Waals surface area contributed by atoms with Crippen LogP contribution in [-0.4, -0.2) is 68.1 Å². The topological polar surface area (TPSA) is 36.0 Å². The van der Waals surface area contributed by atoms with Crippen molar-refractivity contribution in [2.75, 3.05) is 57.3 Å². The summed E-state index contributed by atoms with van der Waals surface area (Å²) in [4.78, 5) is 19.4. The Morgan fingerprint density at radius 2 is 1.48 bits per heavy atom. The summed E-state index contributed by atoms with van der Waals surface area (Å²) < 4.78 is 5.94. The standard InChI is InChI=1S/C24H31N3O2/c28-24(21-7-3-1-4-8-21)27-17-15-26(16-18-27)22-9-11-23(12-10-22)29-20-19-25-13-5-2-6-14-25/h1,3-4,7-12H,2,5-6,13-20H2. The molecule has 2 aliphatic heterocycles. The SMILES string of the molecule is O=C(c1ccccc1)N1CCN(c2ccc(OCCN3CCCCC3)cc2)CC1. The fourth-order valence-corrected chi connectivity index (χ4v) is 4.16. The average molecular weight is 394 g/mol. The smallest absolute Gasteiger partial charge is 0.253 e. The predicted molar refractivity (Wildman–Crippen MR) is 117 cm³/mol. The first-order chi connectivity index (χ1) is 14.3. The summed E-state index contributed by atoms with van der Waals surface area (Å²) >= 11 is 0. The van der Waals surface area contributed by atoms with E-state index in [1.807, 2.05) is 35.2 Å². The molecule has 5 nitrogen and oxygen atoms in total. The molecule has 2 saturated heterocycles.